The van der Waals surface area contributed by atoms with Crippen molar-refractivity contribution in [3.8, 4) is 0 Å². The number of amides is 1. The van der Waals surface area contributed by atoms with Gasteiger partial charge in [-0.25, -0.2) is 4.79 Å². The minimum atomic E-state index is -0.400. The highest BCUT2D eigenvalue weighted by molar-refractivity contribution is 7.14. The van der Waals surface area contributed by atoms with Crippen LogP contribution in [0.1, 0.15) is 50.8 Å². The van der Waals surface area contributed by atoms with Gasteiger partial charge in [0.1, 0.15) is 4.88 Å². The zero-order valence-corrected chi connectivity index (χ0v) is 14.6. The van der Waals surface area contributed by atoms with Gasteiger partial charge in [-0.15, -0.1) is 22.7 Å². The average Bonchev–Trinajstić information content (AvgIpc) is 3.21. The second-order valence-electron chi connectivity index (χ2n) is 5.65. The summed E-state index contributed by atoms with van der Waals surface area (Å²) in [6.45, 7) is 1.68. The van der Waals surface area contributed by atoms with E-state index in [-0.39, 0.29) is 18.6 Å². The van der Waals surface area contributed by atoms with Crippen LogP contribution in [0, 0.1) is 0 Å². The number of hydrogen-bond acceptors (Lipinski definition) is 5. The molecule has 4 nitrogen and oxygen atoms in total. The highest BCUT2D eigenvalue weighted by Crippen LogP contribution is 2.30. The fraction of sp³-hybridized carbons (Fsp3) is 0.412. The van der Waals surface area contributed by atoms with E-state index < -0.39 is 5.97 Å². The van der Waals surface area contributed by atoms with Gasteiger partial charge in [-0.05, 0) is 55.7 Å². The first kappa shape index (κ1) is 16.2. The summed E-state index contributed by atoms with van der Waals surface area (Å²) in [5.74, 6) is -0.677. The number of hydrogen-bond donors (Lipinski definition) is 1. The predicted octanol–water partition coefficient (Wildman–Crippen LogP) is 3.72. The van der Waals surface area contributed by atoms with Crippen LogP contribution in [0.25, 0.3) is 0 Å². The molecule has 0 unspecified atom stereocenters. The molecule has 0 fully saturated rings. The Balaban J connectivity index is 1.50. The molecule has 1 atom stereocenters. The van der Waals surface area contributed by atoms with E-state index in [4.69, 9.17) is 4.74 Å². The Morgan fingerprint density at radius 3 is 2.91 bits per heavy atom. The number of esters is 1. The third-order valence-corrected chi connectivity index (χ3v) is 6.15. The van der Waals surface area contributed by atoms with Gasteiger partial charge < -0.3 is 10.1 Å². The molecule has 2 aromatic heterocycles. The van der Waals surface area contributed by atoms with Crippen LogP contribution in [0.5, 0.6) is 0 Å². The minimum absolute atomic E-state index is 0.0738. The lowest BCUT2D eigenvalue weighted by molar-refractivity contribution is -0.124. The summed E-state index contributed by atoms with van der Waals surface area (Å²) in [5.41, 5.74) is 1.27. The van der Waals surface area contributed by atoms with Crippen LogP contribution in [0.15, 0.2) is 23.6 Å². The van der Waals surface area contributed by atoms with E-state index in [0.717, 1.165) is 17.7 Å². The van der Waals surface area contributed by atoms with E-state index in [1.54, 1.807) is 11.3 Å². The molecule has 0 saturated heterocycles. The number of nitrogens with one attached hydrogen (secondary N) is 1. The Bertz CT molecular complexity index is 667. The molecule has 3 rings (SSSR count). The molecule has 0 saturated carbocycles. The zero-order chi connectivity index (χ0) is 16.2. The molecule has 0 bridgehead atoms. The van der Waals surface area contributed by atoms with Crippen LogP contribution in [0.3, 0.4) is 0 Å². The Kier molecular flexibility index (Phi) is 5.13. The molecule has 122 valence electrons. The largest absolute Gasteiger partial charge is 0.451 e. The fourth-order valence-corrected chi connectivity index (χ4v) is 4.57. The number of fused-ring (bicyclic) bond motifs is 1. The molecule has 2 aromatic rings. The van der Waals surface area contributed by atoms with Gasteiger partial charge in [-0.3, -0.25) is 4.79 Å². The van der Waals surface area contributed by atoms with Gasteiger partial charge in [0, 0.05) is 9.75 Å². The standard InChI is InChI=1S/C17H19NO3S2/c1-11(13-7-4-8-22-13)18-16(19)10-21-17(20)15-9-12-5-2-3-6-14(12)23-15/h4,7-9,11H,2-3,5-6,10H2,1H3,(H,18,19)/t11-/m1/s1. The van der Waals surface area contributed by atoms with Crippen LogP contribution < -0.4 is 5.32 Å². The molecule has 1 N–H and O–H groups in total. The molecular weight excluding hydrogens is 330 g/mol. The molecule has 0 aliphatic heterocycles. The third-order valence-electron chi connectivity index (χ3n) is 3.88. The van der Waals surface area contributed by atoms with Crippen LogP contribution in [0.4, 0.5) is 0 Å². The smallest absolute Gasteiger partial charge is 0.348 e. The predicted molar refractivity (Wildman–Crippen MR) is 92.1 cm³/mol. The van der Waals surface area contributed by atoms with Crippen molar-refractivity contribution < 1.29 is 14.3 Å². The molecule has 0 aromatic carbocycles. The molecule has 1 amide bonds. The van der Waals surface area contributed by atoms with E-state index >= 15 is 0 Å². The summed E-state index contributed by atoms with van der Waals surface area (Å²) < 4.78 is 5.15. The van der Waals surface area contributed by atoms with E-state index in [0.29, 0.717) is 4.88 Å². The highest BCUT2D eigenvalue weighted by Gasteiger charge is 2.19. The normalized spacial score (nSPS) is 14.8. The lowest BCUT2D eigenvalue weighted by Crippen LogP contribution is -2.30. The van der Waals surface area contributed by atoms with Crippen molar-refractivity contribution in [1.29, 1.82) is 0 Å². The van der Waals surface area contributed by atoms with Crippen LogP contribution in [-0.4, -0.2) is 18.5 Å². The Hall–Kier alpha value is -1.66. The zero-order valence-electron chi connectivity index (χ0n) is 13.0. The van der Waals surface area contributed by atoms with Crippen LogP contribution in [-0.2, 0) is 22.4 Å². The topological polar surface area (TPSA) is 55.4 Å². The molecule has 0 spiro atoms. The van der Waals surface area contributed by atoms with E-state index in [1.807, 2.05) is 30.5 Å². The maximum Gasteiger partial charge on any atom is 0.348 e. The van der Waals surface area contributed by atoms with Gasteiger partial charge in [0.2, 0.25) is 0 Å². The maximum absolute atomic E-state index is 12.1. The minimum Gasteiger partial charge on any atom is -0.451 e. The number of rotatable bonds is 5. The Morgan fingerprint density at radius 1 is 1.35 bits per heavy atom. The Morgan fingerprint density at radius 2 is 2.17 bits per heavy atom. The molecule has 6 heteroatoms. The maximum atomic E-state index is 12.1. The first-order valence-electron chi connectivity index (χ1n) is 7.75. The number of carbonyl (C=O) groups is 2. The average molecular weight is 349 g/mol. The van der Waals surface area contributed by atoms with Gasteiger partial charge >= 0.3 is 5.97 Å². The molecule has 23 heavy (non-hydrogen) atoms. The summed E-state index contributed by atoms with van der Waals surface area (Å²) >= 11 is 3.09. The van der Waals surface area contributed by atoms with Crippen molar-refractivity contribution in [3.63, 3.8) is 0 Å². The number of thiophene rings is 2. The monoisotopic (exact) mass is 349 g/mol. The summed E-state index contributed by atoms with van der Waals surface area (Å²) in [7, 11) is 0. The van der Waals surface area contributed by atoms with Gasteiger partial charge in [0.15, 0.2) is 6.61 Å². The summed E-state index contributed by atoms with van der Waals surface area (Å²) in [4.78, 5) is 27.0. The lowest BCUT2D eigenvalue weighted by atomic mass is 9.99. The number of carbonyl (C=O) groups excluding carboxylic acids is 2. The highest BCUT2D eigenvalue weighted by atomic mass is 32.1. The van der Waals surface area contributed by atoms with Crippen molar-refractivity contribution >= 4 is 34.6 Å². The van der Waals surface area contributed by atoms with Crippen molar-refractivity contribution in [3.05, 3.63) is 43.8 Å². The molecular formula is C17H19NO3S2. The van der Waals surface area contributed by atoms with E-state index in [1.165, 1.54) is 34.6 Å². The van der Waals surface area contributed by atoms with Crippen molar-refractivity contribution in [2.75, 3.05) is 6.61 Å². The van der Waals surface area contributed by atoms with Crippen molar-refractivity contribution in [2.45, 2.75) is 38.6 Å². The van der Waals surface area contributed by atoms with Gasteiger partial charge in [-0.1, -0.05) is 6.07 Å². The lowest BCUT2D eigenvalue weighted by Gasteiger charge is -2.12. The SMILES string of the molecule is C[C@@H](NC(=O)COC(=O)c1cc2c(s1)CCCC2)c1cccs1. The van der Waals surface area contributed by atoms with Crippen LogP contribution in [0.2, 0.25) is 0 Å². The van der Waals surface area contributed by atoms with Crippen molar-refractivity contribution in [2.24, 2.45) is 0 Å². The fourth-order valence-electron chi connectivity index (χ4n) is 2.69. The third kappa shape index (κ3) is 4.00. The molecule has 2 heterocycles. The molecule has 1 aliphatic carbocycles. The number of aryl methyl sites for hydroxylation is 2. The number of ether oxygens (including phenoxy) is 1. The second-order valence-corrected chi connectivity index (χ2v) is 7.76. The summed E-state index contributed by atoms with van der Waals surface area (Å²) in [6.07, 6.45) is 4.45. The quantitative estimate of drug-likeness (QED) is 0.837. The van der Waals surface area contributed by atoms with Crippen LogP contribution >= 0.6 is 22.7 Å². The van der Waals surface area contributed by atoms with Crippen molar-refractivity contribution in [1.82, 2.24) is 5.32 Å². The Labute approximate surface area is 143 Å². The van der Waals surface area contributed by atoms with E-state index in [9.17, 15) is 9.59 Å². The van der Waals surface area contributed by atoms with Gasteiger partial charge in [0.05, 0.1) is 6.04 Å². The van der Waals surface area contributed by atoms with E-state index in [2.05, 4.69) is 5.32 Å². The van der Waals surface area contributed by atoms with Gasteiger partial charge in [0.25, 0.3) is 5.91 Å². The summed E-state index contributed by atoms with van der Waals surface area (Å²) in [6, 6.07) is 5.77. The first-order valence-corrected chi connectivity index (χ1v) is 9.44. The summed E-state index contributed by atoms with van der Waals surface area (Å²) in [5, 5.41) is 4.80. The first-order chi connectivity index (χ1) is 11.1. The molecule has 0 radical (unpaired) electrons. The molecule has 1 aliphatic rings. The van der Waals surface area contributed by atoms with Gasteiger partial charge in [-0.2, -0.15) is 0 Å². The second kappa shape index (κ2) is 7.27.